The van der Waals surface area contributed by atoms with E-state index in [0.29, 0.717) is 15.7 Å². The van der Waals surface area contributed by atoms with E-state index in [2.05, 4.69) is 5.32 Å². The minimum absolute atomic E-state index is 0.102. The molecule has 8 heteroatoms. The molecule has 1 aliphatic rings. The van der Waals surface area contributed by atoms with Crippen molar-refractivity contribution in [2.24, 2.45) is 0 Å². The zero-order chi connectivity index (χ0) is 15.7. The molecule has 21 heavy (non-hydrogen) atoms. The third-order valence-electron chi connectivity index (χ3n) is 2.88. The van der Waals surface area contributed by atoms with E-state index < -0.39 is 18.3 Å². The van der Waals surface area contributed by atoms with Gasteiger partial charge in [-0.25, -0.2) is 4.79 Å². The highest BCUT2D eigenvalue weighted by molar-refractivity contribution is 6.35. The summed E-state index contributed by atoms with van der Waals surface area (Å²) in [7, 11) is 0. The minimum Gasteiger partial charge on any atom is -0.356 e. The number of hydrogen-bond donors (Lipinski definition) is 2. The summed E-state index contributed by atoms with van der Waals surface area (Å²) in [5, 5.41) is 13.5. The van der Waals surface area contributed by atoms with Crippen LogP contribution in [0, 0.1) is 0 Å². The molecule has 1 aliphatic heterocycles. The van der Waals surface area contributed by atoms with Crippen LogP contribution in [0.4, 0.5) is 10.5 Å². The Morgan fingerprint density at radius 1 is 1.33 bits per heavy atom. The van der Waals surface area contributed by atoms with Gasteiger partial charge >= 0.3 is 6.03 Å². The number of benzene rings is 1. The molecule has 0 aromatic heterocycles. The maximum Gasteiger partial charge on any atom is 0.321 e. The highest BCUT2D eigenvalue weighted by atomic mass is 35.5. The van der Waals surface area contributed by atoms with Gasteiger partial charge in [-0.05, 0) is 32.0 Å². The lowest BCUT2D eigenvalue weighted by Crippen LogP contribution is -2.48. The summed E-state index contributed by atoms with van der Waals surface area (Å²) in [6, 6.07) is 3.90. The van der Waals surface area contributed by atoms with Crippen LogP contribution in [0.2, 0.25) is 10.0 Å². The molecule has 1 saturated heterocycles. The number of amides is 3. The third-order valence-corrected chi connectivity index (χ3v) is 3.32. The normalized spacial score (nSPS) is 18.6. The van der Waals surface area contributed by atoms with E-state index in [4.69, 9.17) is 23.2 Å². The molecule has 1 aromatic rings. The van der Waals surface area contributed by atoms with Crippen molar-refractivity contribution in [2.45, 2.75) is 26.2 Å². The molecule has 0 bridgehead atoms. The van der Waals surface area contributed by atoms with Gasteiger partial charge in [-0.1, -0.05) is 23.2 Å². The highest BCUT2D eigenvalue weighted by Crippen LogP contribution is 2.29. The number of aliphatic hydroxyl groups excluding tert-OH is 1. The fourth-order valence-corrected chi connectivity index (χ4v) is 2.55. The summed E-state index contributed by atoms with van der Waals surface area (Å²) in [5.74, 6) is -0.417. The Hall–Kier alpha value is -1.50. The smallest absolute Gasteiger partial charge is 0.321 e. The first-order valence-electron chi connectivity index (χ1n) is 6.33. The van der Waals surface area contributed by atoms with E-state index in [1.165, 1.54) is 18.2 Å². The van der Waals surface area contributed by atoms with Crippen LogP contribution in [0.5, 0.6) is 0 Å². The second kappa shape index (κ2) is 6.09. The van der Waals surface area contributed by atoms with Crippen molar-refractivity contribution in [3.05, 3.63) is 28.2 Å². The molecular weight excluding hydrogens is 317 g/mol. The lowest BCUT2D eigenvalue weighted by atomic mass is 10.3. The van der Waals surface area contributed by atoms with Crippen molar-refractivity contribution in [2.75, 3.05) is 11.4 Å². The lowest BCUT2D eigenvalue weighted by Gasteiger charge is -2.26. The Kier molecular flexibility index (Phi) is 4.61. The Labute approximate surface area is 132 Å². The molecule has 6 nitrogen and oxygen atoms in total. The Morgan fingerprint density at radius 3 is 2.43 bits per heavy atom. The zero-order valence-electron chi connectivity index (χ0n) is 11.5. The summed E-state index contributed by atoms with van der Waals surface area (Å²) in [4.78, 5) is 26.1. The van der Waals surface area contributed by atoms with Crippen LogP contribution in [0.3, 0.4) is 0 Å². The fourth-order valence-electron chi connectivity index (χ4n) is 2.03. The number of nitrogens with zero attached hydrogens (tertiary/aromatic N) is 2. The summed E-state index contributed by atoms with van der Waals surface area (Å²) in [5.41, 5.74) is 0.338. The minimum atomic E-state index is -1.40. The van der Waals surface area contributed by atoms with E-state index in [9.17, 15) is 14.7 Å². The van der Waals surface area contributed by atoms with Gasteiger partial charge in [0.15, 0.2) is 0 Å². The van der Waals surface area contributed by atoms with Gasteiger partial charge in [-0.3, -0.25) is 14.6 Å². The summed E-state index contributed by atoms with van der Waals surface area (Å²) >= 11 is 11.8. The predicted molar refractivity (Wildman–Crippen MR) is 80.3 cm³/mol. The van der Waals surface area contributed by atoms with Crippen LogP contribution >= 0.6 is 23.2 Å². The molecule has 114 valence electrons. The average molecular weight is 332 g/mol. The number of carbonyl (C=O) groups excluding carboxylic acids is 2. The lowest BCUT2D eigenvalue weighted by molar-refractivity contribution is -0.116. The first-order chi connectivity index (χ1) is 9.79. The van der Waals surface area contributed by atoms with Gasteiger partial charge in [0.1, 0.15) is 6.54 Å². The van der Waals surface area contributed by atoms with Crippen molar-refractivity contribution < 1.29 is 14.7 Å². The van der Waals surface area contributed by atoms with E-state index in [1.807, 2.05) is 0 Å². The molecule has 1 heterocycles. The maximum absolute atomic E-state index is 12.1. The Balaban J connectivity index is 2.26. The molecule has 1 aromatic carbocycles. The Morgan fingerprint density at radius 2 is 1.90 bits per heavy atom. The third kappa shape index (κ3) is 3.40. The van der Waals surface area contributed by atoms with Crippen LogP contribution in [-0.2, 0) is 4.79 Å². The average Bonchev–Trinajstić information content (AvgIpc) is 2.62. The van der Waals surface area contributed by atoms with E-state index in [1.54, 1.807) is 13.8 Å². The number of nitrogens with one attached hydrogen (secondary N) is 1. The monoisotopic (exact) mass is 331 g/mol. The first kappa shape index (κ1) is 15.9. The van der Waals surface area contributed by atoms with Gasteiger partial charge in [0.2, 0.25) is 12.3 Å². The molecule has 0 radical (unpaired) electrons. The quantitative estimate of drug-likeness (QED) is 0.870. The van der Waals surface area contributed by atoms with Crippen molar-refractivity contribution in [3.8, 4) is 0 Å². The molecule has 2 N–H and O–H groups in total. The molecule has 0 spiro atoms. The second-order valence-electron chi connectivity index (χ2n) is 4.97. The molecule has 1 unspecified atom stereocenters. The molecule has 1 fully saturated rings. The number of carbonyl (C=O) groups is 2. The summed E-state index contributed by atoms with van der Waals surface area (Å²) < 4.78 is 0. The van der Waals surface area contributed by atoms with Gasteiger partial charge < -0.3 is 10.4 Å². The predicted octanol–water partition coefficient (Wildman–Crippen LogP) is 2.04. The van der Waals surface area contributed by atoms with Crippen molar-refractivity contribution >= 4 is 40.8 Å². The van der Waals surface area contributed by atoms with E-state index in [0.717, 1.165) is 9.80 Å². The number of rotatable bonds is 2. The van der Waals surface area contributed by atoms with Gasteiger partial charge in [0.05, 0.1) is 5.69 Å². The molecule has 0 saturated carbocycles. The number of urea groups is 1. The number of hydrogen-bond acceptors (Lipinski definition) is 3. The molecule has 2 rings (SSSR count). The van der Waals surface area contributed by atoms with Gasteiger partial charge in [-0.15, -0.1) is 0 Å². The van der Waals surface area contributed by atoms with Crippen LogP contribution in [0.1, 0.15) is 13.8 Å². The standard InChI is InChI=1S/C13H15Cl2N3O3/c1-7(2)16-12(20)17-6-11(19)18(13(17)21)10-4-8(14)3-9(15)5-10/h3-5,7,13,21H,6H2,1-2H3,(H,16,20). The highest BCUT2D eigenvalue weighted by Gasteiger charge is 2.40. The van der Waals surface area contributed by atoms with E-state index >= 15 is 0 Å². The largest absolute Gasteiger partial charge is 0.356 e. The van der Waals surface area contributed by atoms with Crippen LogP contribution in [-0.4, -0.2) is 40.9 Å². The van der Waals surface area contributed by atoms with Crippen LogP contribution < -0.4 is 10.2 Å². The summed E-state index contributed by atoms with van der Waals surface area (Å²) in [6.45, 7) is 3.36. The second-order valence-corrected chi connectivity index (χ2v) is 5.84. The zero-order valence-corrected chi connectivity index (χ0v) is 13.0. The molecule has 0 aliphatic carbocycles. The molecular formula is C13H15Cl2N3O3. The van der Waals surface area contributed by atoms with Crippen molar-refractivity contribution in [1.29, 1.82) is 0 Å². The SMILES string of the molecule is CC(C)NC(=O)N1CC(=O)N(c2cc(Cl)cc(Cl)c2)C1O. The van der Waals surface area contributed by atoms with Crippen molar-refractivity contribution in [3.63, 3.8) is 0 Å². The van der Waals surface area contributed by atoms with Crippen molar-refractivity contribution in [1.82, 2.24) is 10.2 Å². The van der Waals surface area contributed by atoms with Gasteiger partial charge in [0.25, 0.3) is 0 Å². The molecule has 3 amide bonds. The van der Waals surface area contributed by atoms with Crippen LogP contribution in [0.25, 0.3) is 0 Å². The molecule has 1 atom stereocenters. The summed E-state index contributed by atoms with van der Waals surface area (Å²) in [6.07, 6.45) is -1.40. The topological polar surface area (TPSA) is 72.9 Å². The van der Waals surface area contributed by atoms with Gasteiger partial charge in [0, 0.05) is 16.1 Å². The number of anilines is 1. The number of aliphatic hydroxyl groups is 1. The Bertz CT molecular complexity index is 560. The number of halogens is 2. The maximum atomic E-state index is 12.1. The van der Waals surface area contributed by atoms with E-state index in [-0.39, 0.29) is 12.6 Å². The van der Waals surface area contributed by atoms with Gasteiger partial charge in [-0.2, -0.15) is 0 Å². The fraction of sp³-hybridized carbons (Fsp3) is 0.385. The first-order valence-corrected chi connectivity index (χ1v) is 7.08. The van der Waals surface area contributed by atoms with Crippen LogP contribution in [0.15, 0.2) is 18.2 Å².